The highest BCUT2D eigenvalue weighted by Crippen LogP contribution is 2.18. The Bertz CT molecular complexity index is 988. The van der Waals surface area contributed by atoms with Crippen LogP contribution in [0.25, 0.3) is 10.9 Å². The topological polar surface area (TPSA) is 102 Å². The van der Waals surface area contributed by atoms with Crippen LogP contribution in [0.1, 0.15) is 46.0 Å². The Kier molecular flexibility index (Phi) is 9.11. The van der Waals surface area contributed by atoms with E-state index >= 15 is 0 Å². The normalized spacial score (nSPS) is 16.8. The quantitative estimate of drug-likeness (QED) is 0.395. The monoisotopic (exact) mass is 460 g/mol. The first-order chi connectivity index (χ1) is 15.5. The summed E-state index contributed by atoms with van der Waals surface area (Å²) in [6.45, 7) is 5.62. The molecule has 174 valence electrons. The molecule has 1 saturated heterocycles. The highest BCUT2D eigenvalue weighted by Gasteiger charge is 2.17. The number of carbonyl (C=O) groups is 2. The molecule has 1 aromatic carbocycles. The first kappa shape index (κ1) is 24.3. The van der Waals surface area contributed by atoms with E-state index in [-0.39, 0.29) is 35.3 Å². The van der Waals surface area contributed by atoms with Gasteiger partial charge in [0.15, 0.2) is 5.16 Å². The lowest BCUT2D eigenvalue weighted by Crippen LogP contribution is -2.33. The van der Waals surface area contributed by atoms with Gasteiger partial charge in [-0.3, -0.25) is 19.0 Å². The van der Waals surface area contributed by atoms with Crippen molar-refractivity contribution < 1.29 is 14.3 Å². The van der Waals surface area contributed by atoms with Crippen molar-refractivity contribution in [2.24, 2.45) is 0 Å². The summed E-state index contributed by atoms with van der Waals surface area (Å²) in [6.07, 6.45) is 3.78. The van der Waals surface area contributed by atoms with E-state index in [9.17, 15) is 14.4 Å². The molecule has 0 spiro atoms. The lowest BCUT2D eigenvalue weighted by molar-refractivity contribution is -0.122. The maximum absolute atomic E-state index is 13.1. The minimum absolute atomic E-state index is 0.0515. The number of para-hydroxylation sites is 1. The van der Waals surface area contributed by atoms with Gasteiger partial charge in [-0.1, -0.05) is 30.8 Å². The molecule has 2 N–H and O–H groups in total. The van der Waals surface area contributed by atoms with E-state index in [1.807, 2.05) is 19.9 Å². The van der Waals surface area contributed by atoms with Gasteiger partial charge in [0, 0.05) is 32.2 Å². The van der Waals surface area contributed by atoms with E-state index in [4.69, 9.17) is 4.74 Å². The SMILES string of the molecule is CC[C@@H](C)NC(=O)CSc1nc2ccccc2c(=O)n1CCCC(=O)NC[C@H]1CCCO1. The number of carbonyl (C=O) groups excluding carboxylic acids is 2. The molecule has 2 amide bonds. The van der Waals surface area contributed by atoms with Gasteiger partial charge in [0.05, 0.1) is 22.8 Å². The highest BCUT2D eigenvalue weighted by molar-refractivity contribution is 7.99. The summed E-state index contributed by atoms with van der Waals surface area (Å²) < 4.78 is 7.10. The zero-order valence-electron chi connectivity index (χ0n) is 18.8. The predicted octanol–water partition coefficient (Wildman–Crippen LogP) is 2.48. The molecule has 0 unspecified atom stereocenters. The number of benzene rings is 1. The van der Waals surface area contributed by atoms with Gasteiger partial charge in [0.25, 0.3) is 5.56 Å². The molecule has 32 heavy (non-hydrogen) atoms. The Morgan fingerprint density at radius 2 is 2.12 bits per heavy atom. The third-order valence-electron chi connectivity index (χ3n) is 5.52. The molecular weight excluding hydrogens is 428 g/mol. The van der Waals surface area contributed by atoms with Crippen LogP contribution in [0.5, 0.6) is 0 Å². The first-order valence-corrected chi connectivity index (χ1v) is 12.3. The lowest BCUT2D eigenvalue weighted by atomic mass is 10.2. The van der Waals surface area contributed by atoms with Gasteiger partial charge in [-0.15, -0.1) is 0 Å². The van der Waals surface area contributed by atoms with Crippen molar-refractivity contribution in [2.45, 2.75) is 69.8 Å². The molecule has 0 bridgehead atoms. The fourth-order valence-electron chi connectivity index (χ4n) is 3.52. The number of ether oxygens (including phenoxy) is 1. The van der Waals surface area contributed by atoms with Gasteiger partial charge in [0.1, 0.15) is 0 Å². The van der Waals surface area contributed by atoms with Gasteiger partial charge in [0.2, 0.25) is 11.8 Å². The summed E-state index contributed by atoms with van der Waals surface area (Å²) in [4.78, 5) is 42.1. The van der Waals surface area contributed by atoms with Gasteiger partial charge in [-0.2, -0.15) is 0 Å². The van der Waals surface area contributed by atoms with Gasteiger partial charge >= 0.3 is 0 Å². The highest BCUT2D eigenvalue weighted by atomic mass is 32.2. The molecule has 9 heteroatoms. The average molecular weight is 461 g/mol. The molecule has 1 aliphatic rings. The number of amides is 2. The maximum Gasteiger partial charge on any atom is 0.262 e. The zero-order valence-corrected chi connectivity index (χ0v) is 19.6. The van der Waals surface area contributed by atoms with Crippen LogP contribution in [-0.2, 0) is 20.9 Å². The molecule has 0 saturated carbocycles. The molecule has 0 aliphatic carbocycles. The average Bonchev–Trinajstić information content (AvgIpc) is 3.31. The van der Waals surface area contributed by atoms with Crippen LogP contribution in [0.15, 0.2) is 34.2 Å². The molecular formula is C23H32N4O4S. The van der Waals surface area contributed by atoms with E-state index in [2.05, 4.69) is 15.6 Å². The molecule has 1 aromatic heterocycles. The molecule has 2 atom stereocenters. The minimum atomic E-state index is -0.153. The van der Waals surface area contributed by atoms with Crippen molar-refractivity contribution in [1.29, 1.82) is 0 Å². The van der Waals surface area contributed by atoms with E-state index in [0.29, 0.717) is 42.0 Å². The third-order valence-corrected chi connectivity index (χ3v) is 6.49. The fourth-order valence-corrected chi connectivity index (χ4v) is 4.36. The van der Waals surface area contributed by atoms with Gasteiger partial charge in [-0.05, 0) is 44.7 Å². The van der Waals surface area contributed by atoms with Crippen LogP contribution >= 0.6 is 11.8 Å². The smallest absolute Gasteiger partial charge is 0.262 e. The van der Waals surface area contributed by atoms with Crippen LogP contribution in [0.2, 0.25) is 0 Å². The van der Waals surface area contributed by atoms with Crippen molar-refractivity contribution in [3.05, 3.63) is 34.6 Å². The van der Waals surface area contributed by atoms with Crippen molar-refractivity contribution in [2.75, 3.05) is 18.9 Å². The van der Waals surface area contributed by atoms with Gasteiger partial charge < -0.3 is 15.4 Å². The Morgan fingerprint density at radius 1 is 1.31 bits per heavy atom. The fraction of sp³-hybridized carbons (Fsp3) is 0.565. The van der Waals surface area contributed by atoms with Crippen LogP contribution < -0.4 is 16.2 Å². The summed E-state index contributed by atoms with van der Waals surface area (Å²) in [5.41, 5.74) is 0.452. The number of fused-ring (bicyclic) bond motifs is 1. The second-order valence-corrected chi connectivity index (χ2v) is 9.02. The third kappa shape index (κ3) is 6.80. The summed E-state index contributed by atoms with van der Waals surface area (Å²) >= 11 is 1.25. The van der Waals surface area contributed by atoms with Crippen molar-refractivity contribution in [3.8, 4) is 0 Å². The zero-order chi connectivity index (χ0) is 22.9. The second kappa shape index (κ2) is 12.0. The van der Waals surface area contributed by atoms with Crippen LogP contribution in [0.4, 0.5) is 0 Å². The second-order valence-electron chi connectivity index (χ2n) is 8.08. The van der Waals surface area contributed by atoms with Gasteiger partial charge in [-0.25, -0.2) is 4.98 Å². The van der Waals surface area contributed by atoms with E-state index in [1.54, 1.807) is 22.8 Å². The minimum Gasteiger partial charge on any atom is -0.376 e. The molecule has 1 aliphatic heterocycles. The summed E-state index contributed by atoms with van der Waals surface area (Å²) in [5.74, 6) is 0.0352. The summed E-state index contributed by atoms with van der Waals surface area (Å²) in [5, 5.41) is 6.86. The molecule has 3 rings (SSSR count). The number of nitrogens with zero attached hydrogens (tertiary/aromatic N) is 2. The molecule has 0 radical (unpaired) electrons. The molecule has 2 heterocycles. The van der Waals surface area contributed by atoms with E-state index < -0.39 is 0 Å². The van der Waals surface area contributed by atoms with Crippen molar-refractivity contribution >= 4 is 34.5 Å². The number of hydrogen-bond donors (Lipinski definition) is 2. The predicted molar refractivity (Wildman–Crippen MR) is 126 cm³/mol. The number of aromatic nitrogens is 2. The number of thioether (sulfide) groups is 1. The first-order valence-electron chi connectivity index (χ1n) is 11.3. The van der Waals surface area contributed by atoms with Crippen LogP contribution in [0.3, 0.4) is 0 Å². The lowest BCUT2D eigenvalue weighted by Gasteiger charge is -2.15. The number of rotatable bonds is 11. The summed E-state index contributed by atoms with van der Waals surface area (Å²) in [6, 6.07) is 7.29. The summed E-state index contributed by atoms with van der Waals surface area (Å²) in [7, 11) is 0. The van der Waals surface area contributed by atoms with Crippen molar-refractivity contribution in [1.82, 2.24) is 20.2 Å². The Morgan fingerprint density at radius 3 is 2.88 bits per heavy atom. The number of nitrogens with one attached hydrogen (secondary N) is 2. The Hall–Kier alpha value is -2.39. The number of hydrogen-bond acceptors (Lipinski definition) is 6. The molecule has 8 nitrogen and oxygen atoms in total. The largest absolute Gasteiger partial charge is 0.376 e. The Balaban J connectivity index is 1.64. The van der Waals surface area contributed by atoms with Crippen LogP contribution in [-0.4, -0.2) is 52.4 Å². The van der Waals surface area contributed by atoms with E-state index in [1.165, 1.54) is 11.8 Å². The maximum atomic E-state index is 13.1. The standard InChI is InChI=1S/C23H32N4O4S/c1-3-16(2)25-21(29)15-32-23-26-19-10-5-4-9-18(19)22(30)27(23)12-6-11-20(28)24-14-17-8-7-13-31-17/h4-5,9-10,16-17H,3,6-8,11-15H2,1-2H3,(H,24,28)(H,25,29)/t16-,17-/m1/s1. The molecule has 2 aromatic rings. The van der Waals surface area contributed by atoms with Crippen molar-refractivity contribution in [3.63, 3.8) is 0 Å². The van der Waals surface area contributed by atoms with E-state index in [0.717, 1.165) is 25.9 Å². The molecule has 1 fully saturated rings. The van der Waals surface area contributed by atoms with Crippen LogP contribution in [0, 0.1) is 0 Å². The Labute approximate surface area is 192 Å².